The maximum absolute atomic E-state index is 8.78. The Kier molecular flexibility index (Phi) is 5.70. The second kappa shape index (κ2) is 7.95. The summed E-state index contributed by atoms with van der Waals surface area (Å²) < 4.78 is 11.3. The predicted molar refractivity (Wildman–Crippen MR) is 86.5 cm³/mol. The summed E-state index contributed by atoms with van der Waals surface area (Å²) in [7, 11) is 0. The van der Waals surface area contributed by atoms with Gasteiger partial charge in [-0.1, -0.05) is 12.1 Å². The molecule has 4 heteroatoms. The van der Waals surface area contributed by atoms with Crippen molar-refractivity contribution < 1.29 is 14.6 Å². The molecule has 22 heavy (non-hydrogen) atoms. The monoisotopic (exact) mass is 305 g/mol. The number of hydrogen-bond acceptors (Lipinski definition) is 4. The highest BCUT2D eigenvalue weighted by atomic mass is 16.5. The van der Waals surface area contributed by atoms with E-state index in [0.717, 1.165) is 64.1 Å². The highest BCUT2D eigenvalue weighted by Crippen LogP contribution is 2.26. The van der Waals surface area contributed by atoms with Crippen molar-refractivity contribution in [1.82, 2.24) is 4.90 Å². The zero-order valence-corrected chi connectivity index (χ0v) is 13.3. The largest absolute Gasteiger partial charge is 0.493 e. The summed E-state index contributed by atoms with van der Waals surface area (Å²) in [5, 5.41) is 8.78. The van der Waals surface area contributed by atoms with E-state index < -0.39 is 0 Å². The van der Waals surface area contributed by atoms with Crippen LogP contribution in [0.25, 0.3) is 0 Å². The van der Waals surface area contributed by atoms with Crippen LogP contribution in [-0.4, -0.2) is 55.6 Å². The molecular formula is C18H27NO3. The number of hydrogen-bond donors (Lipinski definition) is 1. The number of aliphatic hydroxyl groups is 1. The lowest BCUT2D eigenvalue weighted by Gasteiger charge is -2.31. The van der Waals surface area contributed by atoms with Crippen molar-refractivity contribution in [3.8, 4) is 5.75 Å². The van der Waals surface area contributed by atoms with Gasteiger partial charge in [-0.3, -0.25) is 0 Å². The molecule has 1 aromatic rings. The minimum absolute atomic E-state index is 0.227. The zero-order valence-electron chi connectivity index (χ0n) is 13.3. The van der Waals surface area contributed by atoms with Crippen molar-refractivity contribution in [1.29, 1.82) is 0 Å². The number of likely N-dealkylation sites (tertiary alicyclic amines) is 1. The van der Waals surface area contributed by atoms with Gasteiger partial charge in [0.15, 0.2) is 0 Å². The first-order valence-corrected chi connectivity index (χ1v) is 8.54. The Bertz CT molecular complexity index is 469. The van der Waals surface area contributed by atoms with Crippen LogP contribution in [-0.2, 0) is 17.6 Å². The van der Waals surface area contributed by atoms with Crippen LogP contribution in [0.15, 0.2) is 18.2 Å². The maximum Gasteiger partial charge on any atom is 0.122 e. The van der Waals surface area contributed by atoms with Gasteiger partial charge in [-0.2, -0.15) is 0 Å². The van der Waals surface area contributed by atoms with E-state index in [9.17, 15) is 0 Å². The fourth-order valence-electron chi connectivity index (χ4n) is 3.30. The average Bonchev–Trinajstić information content (AvgIpc) is 3.02. The molecule has 0 radical (unpaired) electrons. The highest BCUT2D eigenvalue weighted by molar-refractivity contribution is 5.39. The van der Waals surface area contributed by atoms with Crippen molar-refractivity contribution in [3.63, 3.8) is 0 Å². The Morgan fingerprint density at radius 2 is 2.14 bits per heavy atom. The van der Waals surface area contributed by atoms with Crippen LogP contribution in [0.5, 0.6) is 5.75 Å². The summed E-state index contributed by atoms with van der Waals surface area (Å²) in [5.74, 6) is 1.07. The first-order valence-electron chi connectivity index (χ1n) is 8.54. The van der Waals surface area contributed by atoms with Crippen LogP contribution in [0.1, 0.15) is 30.4 Å². The summed E-state index contributed by atoms with van der Waals surface area (Å²) in [4.78, 5) is 2.54. The van der Waals surface area contributed by atoms with Gasteiger partial charge in [-0.25, -0.2) is 0 Å². The SMILES string of the molecule is OCCCOC1CCN(CCc2ccc3c(c2)CCO3)CC1. The molecule has 0 saturated carbocycles. The summed E-state index contributed by atoms with van der Waals surface area (Å²) in [6.45, 7) is 5.13. The van der Waals surface area contributed by atoms with Crippen molar-refractivity contribution in [2.75, 3.05) is 39.5 Å². The smallest absolute Gasteiger partial charge is 0.122 e. The van der Waals surface area contributed by atoms with E-state index in [0.29, 0.717) is 12.7 Å². The molecule has 1 fully saturated rings. The van der Waals surface area contributed by atoms with Crippen LogP contribution >= 0.6 is 0 Å². The second-order valence-corrected chi connectivity index (χ2v) is 6.28. The molecule has 0 atom stereocenters. The lowest BCUT2D eigenvalue weighted by molar-refractivity contribution is 0.00255. The minimum atomic E-state index is 0.227. The molecule has 0 amide bonds. The fourth-order valence-corrected chi connectivity index (χ4v) is 3.30. The van der Waals surface area contributed by atoms with Crippen LogP contribution in [0.4, 0.5) is 0 Å². The molecule has 4 nitrogen and oxygen atoms in total. The third-order valence-electron chi connectivity index (χ3n) is 4.66. The van der Waals surface area contributed by atoms with E-state index in [4.69, 9.17) is 14.6 Å². The molecule has 1 saturated heterocycles. The van der Waals surface area contributed by atoms with Gasteiger partial charge in [0.05, 0.1) is 12.7 Å². The zero-order chi connectivity index (χ0) is 15.2. The average molecular weight is 305 g/mol. The summed E-state index contributed by atoms with van der Waals surface area (Å²) in [6, 6.07) is 6.64. The van der Waals surface area contributed by atoms with Gasteiger partial charge in [0.25, 0.3) is 0 Å². The molecule has 3 rings (SSSR count). The number of piperidine rings is 1. The topological polar surface area (TPSA) is 41.9 Å². The minimum Gasteiger partial charge on any atom is -0.493 e. The molecule has 0 aromatic heterocycles. The Morgan fingerprint density at radius 1 is 1.27 bits per heavy atom. The number of benzene rings is 1. The van der Waals surface area contributed by atoms with Crippen LogP contribution in [0.3, 0.4) is 0 Å². The Morgan fingerprint density at radius 3 is 2.95 bits per heavy atom. The lowest BCUT2D eigenvalue weighted by Crippen LogP contribution is -2.38. The number of rotatable bonds is 7. The van der Waals surface area contributed by atoms with Crippen molar-refractivity contribution in [2.24, 2.45) is 0 Å². The molecule has 0 aliphatic carbocycles. The molecule has 0 unspecified atom stereocenters. The van der Waals surface area contributed by atoms with Crippen molar-refractivity contribution in [3.05, 3.63) is 29.3 Å². The Labute approximate surface area is 133 Å². The first kappa shape index (κ1) is 15.8. The molecule has 2 heterocycles. The lowest BCUT2D eigenvalue weighted by atomic mass is 10.0. The van der Waals surface area contributed by atoms with E-state index in [2.05, 4.69) is 23.1 Å². The van der Waals surface area contributed by atoms with Gasteiger partial charge in [-0.15, -0.1) is 0 Å². The molecular weight excluding hydrogens is 278 g/mol. The summed E-state index contributed by atoms with van der Waals surface area (Å²) in [5.41, 5.74) is 2.79. The molecule has 2 aliphatic rings. The van der Waals surface area contributed by atoms with E-state index in [1.165, 1.54) is 11.1 Å². The quantitative estimate of drug-likeness (QED) is 0.783. The van der Waals surface area contributed by atoms with Gasteiger partial charge in [0.2, 0.25) is 0 Å². The number of nitrogens with zero attached hydrogens (tertiary/aromatic N) is 1. The van der Waals surface area contributed by atoms with Crippen LogP contribution in [0.2, 0.25) is 0 Å². The third kappa shape index (κ3) is 4.22. The number of aliphatic hydroxyl groups excluding tert-OH is 1. The molecule has 0 bridgehead atoms. The molecule has 0 spiro atoms. The van der Waals surface area contributed by atoms with Crippen LogP contribution < -0.4 is 4.74 Å². The van der Waals surface area contributed by atoms with E-state index in [-0.39, 0.29) is 6.61 Å². The van der Waals surface area contributed by atoms with Gasteiger partial charge < -0.3 is 19.5 Å². The Hall–Kier alpha value is -1.10. The first-order chi connectivity index (χ1) is 10.8. The summed E-state index contributed by atoms with van der Waals surface area (Å²) >= 11 is 0. The second-order valence-electron chi connectivity index (χ2n) is 6.28. The van der Waals surface area contributed by atoms with Gasteiger partial charge in [0, 0.05) is 39.3 Å². The van der Waals surface area contributed by atoms with E-state index in [1.54, 1.807) is 0 Å². The molecule has 2 aliphatic heterocycles. The van der Waals surface area contributed by atoms with Crippen molar-refractivity contribution >= 4 is 0 Å². The van der Waals surface area contributed by atoms with E-state index in [1.807, 2.05) is 0 Å². The standard InChI is InChI=1S/C18H27NO3/c20-11-1-12-21-17-5-9-19(10-6-17)8-4-15-2-3-18-16(14-15)7-13-22-18/h2-3,14,17,20H,1,4-13H2. The van der Waals surface area contributed by atoms with Crippen molar-refractivity contribution in [2.45, 2.75) is 38.2 Å². The Balaban J connectivity index is 1.38. The number of ether oxygens (including phenoxy) is 2. The van der Waals surface area contributed by atoms with E-state index >= 15 is 0 Å². The molecule has 1 N–H and O–H groups in total. The summed E-state index contributed by atoms with van der Waals surface area (Å²) in [6.07, 6.45) is 5.54. The fraction of sp³-hybridized carbons (Fsp3) is 0.667. The van der Waals surface area contributed by atoms with Crippen LogP contribution in [0, 0.1) is 0 Å². The molecule has 122 valence electrons. The highest BCUT2D eigenvalue weighted by Gasteiger charge is 2.19. The van der Waals surface area contributed by atoms with Gasteiger partial charge in [0.1, 0.15) is 5.75 Å². The normalized spacial score (nSPS) is 19.1. The number of fused-ring (bicyclic) bond motifs is 1. The van der Waals surface area contributed by atoms with Gasteiger partial charge >= 0.3 is 0 Å². The predicted octanol–water partition coefficient (Wildman–Crippen LogP) is 2.03. The van der Waals surface area contributed by atoms with Gasteiger partial charge in [-0.05, 0) is 42.9 Å². The maximum atomic E-state index is 8.78. The third-order valence-corrected chi connectivity index (χ3v) is 4.66. The molecule has 1 aromatic carbocycles.